The van der Waals surface area contributed by atoms with E-state index in [4.69, 9.17) is 39.5 Å². The fourth-order valence-corrected chi connectivity index (χ4v) is 4.82. The third kappa shape index (κ3) is 5.04. The zero-order chi connectivity index (χ0) is 26.1. The molecule has 1 aliphatic rings. The van der Waals surface area contributed by atoms with E-state index in [1.165, 1.54) is 30.3 Å². The van der Waals surface area contributed by atoms with Crippen LogP contribution in [0.25, 0.3) is 16.8 Å². The van der Waals surface area contributed by atoms with E-state index >= 15 is 0 Å². The third-order valence-corrected chi connectivity index (χ3v) is 6.49. The van der Waals surface area contributed by atoms with Crippen molar-refractivity contribution in [3.8, 4) is 5.75 Å². The number of hydrogen-bond donors (Lipinski definition) is 1. The van der Waals surface area contributed by atoms with E-state index in [9.17, 15) is 14.4 Å². The smallest absolute Gasteiger partial charge is 0.335 e. The predicted molar refractivity (Wildman–Crippen MR) is 145 cm³/mol. The molecule has 184 valence electrons. The molecule has 1 aliphatic heterocycles. The molecule has 0 spiro atoms. The predicted octanol–water partition coefficient (Wildman–Crippen LogP) is 7.05. The first kappa shape index (κ1) is 24.8. The van der Waals surface area contributed by atoms with Crippen molar-refractivity contribution >= 4 is 75.2 Å². The first-order valence-corrected chi connectivity index (χ1v) is 12.2. The molecule has 6 nitrogen and oxygen atoms in total. The van der Waals surface area contributed by atoms with Crippen LogP contribution in [0.4, 0.5) is 10.5 Å². The number of carbonyl (C=O) groups is 3. The lowest BCUT2D eigenvalue weighted by Gasteiger charge is -2.26. The van der Waals surface area contributed by atoms with Gasteiger partial charge in [-0.25, -0.2) is 9.69 Å². The minimum absolute atomic E-state index is 0.173. The van der Waals surface area contributed by atoms with Gasteiger partial charge in [0.05, 0.1) is 10.7 Å². The van der Waals surface area contributed by atoms with E-state index in [-0.39, 0.29) is 33.7 Å². The van der Waals surface area contributed by atoms with E-state index in [1.54, 1.807) is 12.1 Å². The minimum Gasteiger partial charge on any atom is -0.487 e. The van der Waals surface area contributed by atoms with E-state index in [1.807, 2.05) is 42.5 Å². The number of nitrogens with one attached hydrogen (secondary N) is 1. The fourth-order valence-electron chi connectivity index (χ4n) is 4.07. The van der Waals surface area contributed by atoms with Crippen molar-refractivity contribution in [3.63, 3.8) is 0 Å². The molecule has 5 rings (SSSR count). The number of urea groups is 1. The molecule has 0 atom stereocenters. The van der Waals surface area contributed by atoms with Gasteiger partial charge in [-0.2, -0.15) is 0 Å². The molecule has 1 N–H and O–H groups in total. The molecule has 0 bridgehead atoms. The number of imide groups is 2. The lowest BCUT2D eigenvalue weighted by atomic mass is 10.0. The summed E-state index contributed by atoms with van der Waals surface area (Å²) in [6.45, 7) is 0.173. The Kier molecular flexibility index (Phi) is 6.89. The highest BCUT2D eigenvalue weighted by Crippen LogP contribution is 2.36. The average molecular weight is 552 g/mol. The molecule has 0 radical (unpaired) electrons. The van der Waals surface area contributed by atoms with Crippen molar-refractivity contribution in [2.24, 2.45) is 0 Å². The molecule has 0 unspecified atom stereocenters. The number of rotatable bonds is 5. The lowest BCUT2D eigenvalue weighted by Crippen LogP contribution is -2.54. The summed E-state index contributed by atoms with van der Waals surface area (Å²) in [7, 11) is 0. The van der Waals surface area contributed by atoms with Crippen molar-refractivity contribution in [1.29, 1.82) is 0 Å². The Morgan fingerprint density at radius 3 is 2.41 bits per heavy atom. The van der Waals surface area contributed by atoms with Gasteiger partial charge in [0.15, 0.2) is 0 Å². The largest absolute Gasteiger partial charge is 0.487 e. The van der Waals surface area contributed by atoms with Gasteiger partial charge in [-0.05, 0) is 52.7 Å². The number of amides is 4. The highest BCUT2D eigenvalue weighted by Gasteiger charge is 2.37. The maximum absolute atomic E-state index is 13.3. The number of fused-ring (bicyclic) bond motifs is 1. The summed E-state index contributed by atoms with van der Waals surface area (Å²) in [5.74, 6) is -1.45. The van der Waals surface area contributed by atoms with E-state index in [0.29, 0.717) is 10.6 Å². The molecule has 1 heterocycles. The standard InChI is InChI=1S/C28H17Cl3N2O4/c29-19-8-4-9-21(13-19)33-27(35)23(26(34)32-28(33)36)12-18-11-20(30)14-24(31)25(18)37-15-17-7-3-6-16-5-1-2-10-22(16)17/h1-14H,15H2,(H,32,34,36)/b23-12+. The molecule has 0 saturated carbocycles. The first-order chi connectivity index (χ1) is 17.8. The number of anilines is 1. The number of halogens is 3. The van der Waals surface area contributed by atoms with Gasteiger partial charge in [-0.1, -0.05) is 83.3 Å². The van der Waals surface area contributed by atoms with Crippen LogP contribution in [0.5, 0.6) is 5.75 Å². The van der Waals surface area contributed by atoms with Gasteiger partial charge in [0, 0.05) is 15.6 Å². The van der Waals surface area contributed by atoms with Crippen LogP contribution in [0.15, 0.2) is 84.4 Å². The van der Waals surface area contributed by atoms with Gasteiger partial charge < -0.3 is 4.74 Å². The molecule has 9 heteroatoms. The molecule has 37 heavy (non-hydrogen) atoms. The molecular formula is C28H17Cl3N2O4. The molecule has 0 aromatic heterocycles. The summed E-state index contributed by atoms with van der Waals surface area (Å²) >= 11 is 18.7. The summed E-state index contributed by atoms with van der Waals surface area (Å²) in [6.07, 6.45) is 1.30. The Morgan fingerprint density at radius 1 is 0.838 bits per heavy atom. The van der Waals surface area contributed by atoms with Crippen molar-refractivity contribution in [1.82, 2.24) is 5.32 Å². The summed E-state index contributed by atoms with van der Waals surface area (Å²) < 4.78 is 6.10. The molecule has 4 aromatic rings. The van der Waals surface area contributed by atoms with Crippen molar-refractivity contribution in [3.05, 3.63) is 111 Å². The van der Waals surface area contributed by atoms with Gasteiger partial charge in [0.2, 0.25) is 0 Å². The highest BCUT2D eigenvalue weighted by molar-refractivity contribution is 6.40. The first-order valence-electron chi connectivity index (χ1n) is 11.1. The highest BCUT2D eigenvalue weighted by atomic mass is 35.5. The SMILES string of the molecule is O=C1NC(=O)N(c2cccc(Cl)c2)C(=O)/C1=C/c1cc(Cl)cc(Cl)c1OCc1cccc2ccccc12. The minimum atomic E-state index is -0.883. The second-order valence-corrected chi connectivity index (χ2v) is 9.45. The topological polar surface area (TPSA) is 75.7 Å². The number of barbiturate groups is 1. The lowest BCUT2D eigenvalue weighted by molar-refractivity contribution is -0.122. The average Bonchev–Trinajstić information content (AvgIpc) is 2.86. The summed E-state index contributed by atoms with van der Waals surface area (Å²) in [6, 6.07) is 22.1. The monoisotopic (exact) mass is 550 g/mol. The summed E-state index contributed by atoms with van der Waals surface area (Å²) in [5.41, 5.74) is 1.14. The Balaban J connectivity index is 1.52. The van der Waals surface area contributed by atoms with Crippen LogP contribution < -0.4 is 15.0 Å². The van der Waals surface area contributed by atoms with Crippen LogP contribution in [0.1, 0.15) is 11.1 Å². The Labute approximate surface area is 227 Å². The Hall–Kier alpha value is -3.84. The van der Waals surface area contributed by atoms with Gasteiger partial charge in [0.1, 0.15) is 17.9 Å². The Bertz CT molecular complexity index is 1610. The van der Waals surface area contributed by atoms with Crippen molar-refractivity contribution in [2.45, 2.75) is 6.61 Å². The van der Waals surface area contributed by atoms with Crippen LogP contribution in [0, 0.1) is 0 Å². The second-order valence-electron chi connectivity index (χ2n) is 8.17. The van der Waals surface area contributed by atoms with E-state index in [0.717, 1.165) is 21.2 Å². The van der Waals surface area contributed by atoms with Crippen LogP contribution >= 0.6 is 34.8 Å². The molecule has 4 amide bonds. The maximum atomic E-state index is 13.3. The molecular weight excluding hydrogens is 535 g/mol. The number of hydrogen-bond acceptors (Lipinski definition) is 4. The second kappa shape index (κ2) is 10.3. The number of nitrogens with zero attached hydrogens (tertiary/aromatic N) is 1. The zero-order valence-electron chi connectivity index (χ0n) is 19.0. The summed E-state index contributed by atoms with van der Waals surface area (Å²) in [4.78, 5) is 39.3. The van der Waals surface area contributed by atoms with Gasteiger partial charge >= 0.3 is 6.03 Å². The van der Waals surface area contributed by atoms with E-state index in [2.05, 4.69) is 5.32 Å². The zero-order valence-corrected chi connectivity index (χ0v) is 21.3. The van der Waals surface area contributed by atoms with Crippen LogP contribution in [-0.2, 0) is 16.2 Å². The third-order valence-electron chi connectivity index (χ3n) is 5.76. The van der Waals surface area contributed by atoms with Crippen LogP contribution in [0.2, 0.25) is 15.1 Å². The quantitative estimate of drug-likeness (QED) is 0.213. The normalized spacial score (nSPS) is 14.8. The van der Waals surface area contributed by atoms with Crippen LogP contribution in [0.3, 0.4) is 0 Å². The molecule has 0 aliphatic carbocycles. The maximum Gasteiger partial charge on any atom is 0.335 e. The fraction of sp³-hybridized carbons (Fsp3) is 0.0357. The van der Waals surface area contributed by atoms with Gasteiger partial charge in [-0.15, -0.1) is 0 Å². The number of ether oxygens (including phenoxy) is 1. The van der Waals surface area contributed by atoms with Crippen molar-refractivity contribution < 1.29 is 19.1 Å². The van der Waals surface area contributed by atoms with E-state index < -0.39 is 17.8 Å². The summed E-state index contributed by atoms with van der Waals surface area (Å²) in [5, 5.41) is 5.07. The number of benzene rings is 4. The van der Waals surface area contributed by atoms with Gasteiger partial charge in [0.25, 0.3) is 11.8 Å². The number of carbonyl (C=O) groups excluding carboxylic acids is 3. The van der Waals surface area contributed by atoms with Crippen molar-refractivity contribution in [2.75, 3.05) is 4.90 Å². The van der Waals surface area contributed by atoms with Crippen LogP contribution in [-0.4, -0.2) is 17.8 Å². The Morgan fingerprint density at radius 2 is 1.59 bits per heavy atom. The molecule has 1 saturated heterocycles. The molecule has 1 fully saturated rings. The molecule has 4 aromatic carbocycles. The van der Waals surface area contributed by atoms with Gasteiger partial charge in [-0.3, -0.25) is 14.9 Å².